The molecule has 15 heavy (non-hydrogen) atoms. The summed E-state index contributed by atoms with van der Waals surface area (Å²) in [4.78, 5) is 16.2. The molecule has 0 fully saturated rings. The molecule has 1 unspecified atom stereocenters. The van der Waals surface area contributed by atoms with E-state index in [2.05, 4.69) is 10.3 Å². The van der Waals surface area contributed by atoms with E-state index < -0.39 is 11.9 Å². The molecule has 0 radical (unpaired) electrons. The lowest BCUT2D eigenvalue weighted by Gasteiger charge is -2.13. The molecule has 0 aliphatic heterocycles. The van der Waals surface area contributed by atoms with E-state index in [1.807, 2.05) is 6.92 Å². The number of nitrogens with zero attached hydrogens (tertiary/aromatic N) is 1. The van der Waals surface area contributed by atoms with Crippen molar-refractivity contribution in [3.63, 3.8) is 0 Å². The van der Waals surface area contributed by atoms with Crippen LogP contribution < -0.4 is 11.1 Å². The summed E-state index contributed by atoms with van der Waals surface area (Å²) >= 11 is 1.43. The molecule has 1 aromatic rings. The Labute approximate surface area is 92.6 Å². The third-order valence-electron chi connectivity index (χ3n) is 1.98. The summed E-state index contributed by atoms with van der Waals surface area (Å²) in [5, 5.41) is 3.03. The number of rotatable bonds is 6. The second kappa shape index (κ2) is 5.79. The third kappa shape index (κ3) is 3.26. The molecule has 0 saturated carbocycles. The number of ether oxygens (including phenoxy) is 1. The van der Waals surface area contributed by atoms with E-state index in [1.165, 1.54) is 11.3 Å². The van der Waals surface area contributed by atoms with Gasteiger partial charge in [0.25, 0.3) is 0 Å². The van der Waals surface area contributed by atoms with Crippen LogP contribution in [0.3, 0.4) is 0 Å². The van der Waals surface area contributed by atoms with Crippen LogP contribution in [-0.4, -0.2) is 31.2 Å². The van der Waals surface area contributed by atoms with Gasteiger partial charge in [-0.3, -0.25) is 10.1 Å². The topological polar surface area (TPSA) is 77.2 Å². The van der Waals surface area contributed by atoms with Crippen molar-refractivity contribution in [1.82, 2.24) is 10.3 Å². The Morgan fingerprint density at radius 3 is 3.00 bits per heavy atom. The maximum Gasteiger partial charge on any atom is 0.240 e. The number of amides is 1. The van der Waals surface area contributed by atoms with Crippen LogP contribution in [0.5, 0.6) is 0 Å². The van der Waals surface area contributed by atoms with Crippen molar-refractivity contribution in [3.05, 3.63) is 16.1 Å². The molecule has 0 aliphatic rings. The summed E-state index contributed by atoms with van der Waals surface area (Å²) in [5.74, 6) is -0.390. The maximum absolute atomic E-state index is 11.2. The van der Waals surface area contributed by atoms with Gasteiger partial charge in [0.1, 0.15) is 6.04 Å². The van der Waals surface area contributed by atoms with E-state index >= 15 is 0 Å². The fourth-order valence-electron chi connectivity index (χ4n) is 1.22. The van der Waals surface area contributed by atoms with Crippen molar-refractivity contribution in [2.75, 3.05) is 20.3 Å². The van der Waals surface area contributed by atoms with Crippen LogP contribution in [0, 0.1) is 6.92 Å². The number of hydrogen-bond acceptors (Lipinski definition) is 5. The number of nitrogens with one attached hydrogen (secondary N) is 1. The Morgan fingerprint density at radius 1 is 1.80 bits per heavy atom. The van der Waals surface area contributed by atoms with Crippen LogP contribution in [0.1, 0.15) is 16.6 Å². The molecular weight excluding hydrogens is 214 g/mol. The molecule has 0 spiro atoms. The molecule has 5 nitrogen and oxygen atoms in total. The first kappa shape index (κ1) is 12.1. The predicted molar refractivity (Wildman–Crippen MR) is 58.7 cm³/mol. The number of nitrogens with two attached hydrogens (primary N) is 1. The van der Waals surface area contributed by atoms with Gasteiger partial charge >= 0.3 is 0 Å². The van der Waals surface area contributed by atoms with Gasteiger partial charge in [0, 0.05) is 13.7 Å². The Hall–Kier alpha value is -0.980. The molecule has 6 heteroatoms. The van der Waals surface area contributed by atoms with Gasteiger partial charge in [-0.1, -0.05) is 0 Å². The van der Waals surface area contributed by atoms with Gasteiger partial charge in [-0.2, -0.15) is 0 Å². The van der Waals surface area contributed by atoms with E-state index in [4.69, 9.17) is 10.5 Å². The van der Waals surface area contributed by atoms with Crippen molar-refractivity contribution in [2.24, 2.45) is 5.73 Å². The minimum atomic E-state index is -0.465. The molecule has 1 atom stereocenters. The number of carbonyl (C=O) groups excluding carboxylic acids is 1. The Bertz CT molecular complexity index is 327. The van der Waals surface area contributed by atoms with E-state index in [9.17, 15) is 4.79 Å². The van der Waals surface area contributed by atoms with Gasteiger partial charge in [-0.25, -0.2) is 4.98 Å². The summed E-state index contributed by atoms with van der Waals surface area (Å²) in [5.41, 5.74) is 7.86. The lowest BCUT2D eigenvalue weighted by molar-refractivity contribution is -0.120. The number of aromatic nitrogens is 1. The van der Waals surface area contributed by atoms with Crippen molar-refractivity contribution >= 4 is 17.2 Å². The molecule has 0 saturated heterocycles. The number of aryl methyl sites for hydroxylation is 1. The van der Waals surface area contributed by atoms with Crippen LogP contribution in [-0.2, 0) is 9.53 Å². The Kier molecular flexibility index (Phi) is 4.67. The summed E-state index contributed by atoms with van der Waals surface area (Å²) in [6, 6.07) is -0.465. The van der Waals surface area contributed by atoms with Crippen molar-refractivity contribution in [3.8, 4) is 0 Å². The molecule has 3 N–H and O–H groups in total. The Morgan fingerprint density at radius 2 is 2.53 bits per heavy atom. The van der Waals surface area contributed by atoms with Crippen LogP contribution >= 0.6 is 11.3 Å². The molecular formula is C9H15N3O2S. The zero-order valence-electron chi connectivity index (χ0n) is 8.82. The average Bonchev–Trinajstić information content (AvgIpc) is 2.59. The average molecular weight is 229 g/mol. The van der Waals surface area contributed by atoms with Crippen LogP contribution in [0.15, 0.2) is 5.51 Å². The second-order valence-corrected chi connectivity index (χ2v) is 3.97. The van der Waals surface area contributed by atoms with E-state index in [1.54, 1.807) is 12.6 Å². The summed E-state index contributed by atoms with van der Waals surface area (Å²) < 4.78 is 4.89. The fraction of sp³-hybridized carbons (Fsp3) is 0.556. The van der Waals surface area contributed by atoms with Crippen LogP contribution in [0.25, 0.3) is 0 Å². The highest BCUT2D eigenvalue weighted by molar-refractivity contribution is 7.10. The number of thiazole rings is 1. The van der Waals surface area contributed by atoms with Gasteiger partial charge in [0.05, 0.1) is 22.7 Å². The summed E-state index contributed by atoms with van der Waals surface area (Å²) in [6.07, 6.45) is 0. The quantitative estimate of drug-likeness (QED) is 0.684. The fourth-order valence-corrected chi connectivity index (χ4v) is 2.10. The molecule has 0 bridgehead atoms. The van der Waals surface area contributed by atoms with Crippen molar-refractivity contribution in [1.29, 1.82) is 0 Å². The normalized spacial score (nSPS) is 12.7. The van der Waals surface area contributed by atoms with Gasteiger partial charge in [-0.05, 0) is 6.92 Å². The van der Waals surface area contributed by atoms with E-state index in [-0.39, 0.29) is 0 Å². The lowest BCUT2D eigenvalue weighted by atomic mass is 10.2. The predicted octanol–water partition coefficient (Wildman–Crippen LogP) is 0.214. The number of hydrogen-bond donors (Lipinski definition) is 2. The maximum atomic E-state index is 11.2. The Balaban J connectivity index is 2.67. The second-order valence-electron chi connectivity index (χ2n) is 3.08. The highest BCUT2D eigenvalue weighted by Gasteiger charge is 2.20. The van der Waals surface area contributed by atoms with Gasteiger partial charge in [0.15, 0.2) is 0 Å². The molecule has 1 aromatic heterocycles. The molecule has 0 aliphatic carbocycles. The minimum absolute atomic E-state index is 0.390. The van der Waals surface area contributed by atoms with Gasteiger partial charge in [0.2, 0.25) is 5.91 Å². The monoisotopic (exact) mass is 229 g/mol. The summed E-state index contributed by atoms with van der Waals surface area (Å²) in [7, 11) is 1.61. The highest BCUT2D eigenvalue weighted by atomic mass is 32.1. The van der Waals surface area contributed by atoms with Crippen LogP contribution in [0.4, 0.5) is 0 Å². The van der Waals surface area contributed by atoms with E-state index in [0.717, 1.165) is 10.6 Å². The third-order valence-corrected chi connectivity index (χ3v) is 2.98. The van der Waals surface area contributed by atoms with Gasteiger partial charge in [-0.15, -0.1) is 11.3 Å². The molecule has 1 heterocycles. The largest absolute Gasteiger partial charge is 0.383 e. The zero-order valence-corrected chi connectivity index (χ0v) is 9.63. The summed E-state index contributed by atoms with van der Waals surface area (Å²) in [6.45, 7) is 2.99. The number of carbonyl (C=O) groups is 1. The first-order chi connectivity index (χ1) is 7.16. The van der Waals surface area contributed by atoms with Gasteiger partial charge < -0.3 is 10.5 Å². The van der Waals surface area contributed by atoms with Crippen LogP contribution in [0.2, 0.25) is 0 Å². The first-order valence-electron chi connectivity index (χ1n) is 4.58. The van der Waals surface area contributed by atoms with Crippen molar-refractivity contribution < 1.29 is 9.53 Å². The van der Waals surface area contributed by atoms with Crippen molar-refractivity contribution in [2.45, 2.75) is 13.0 Å². The lowest BCUT2D eigenvalue weighted by Crippen LogP contribution is -2.35. The van der Waals surface area contributed by atoms with E-state index in [0.29, 0.717) is 13.2 Å². The standard InChI is InChI=1S/C9H15N3O2S/c1-6-8(15-5-12-6)7(9(10)13)11-3-4-14-2/h5,7,11H,3-4H2,1-2H3,(H2,10,13). The molecule has 1 rings (SSSR count). The zero-order chi connectivity index (χ0) is 11.3. The molecule has 0 aromatic carbocycles. The first-order valence-corrected chi connectivity index (χ1v) is 5.46. The highest BCUT2D eigenvalue weighted by Crippen LogP contribution is 2.21. The molecule has 84 valence electrons. The molecule has 1 amide bonds. The minimum Gasteiger partial charge on any atom is -0.383 e. The SMILES string of the molecule is COCCNC(C(N)=O)c1scnc1C. The smallest absolute Gasteiger partial charge is 0.240 e. The number of methoxy groups -OCH3 is 1. The number of primary amides is 1.